The number of anilines is 1. The van der Waals surface area contributed by atoms with Crippen molar-refractivity contribution in [3.05, 3.63) is 52.3 Å². The molecule has 3 rings (SSSR count). The fourth-order valence-electron chi connectivity index (χ4n) is 2.85. The first kappa shape index (κ1) is 16.9. The van der Waals surface area contributed by atoms with Crippen LogP contribution in [0.15, 0.2) is 41.0 Å². The Bertz CT molecular complexity index is 701. The van der Waals surface area contributed by atoms with Crippen LogP contribution < -0.4 is 10.2 Å². The van der Waals surface area contributed by atoms with E-state index in [0.29, 0.717) is 16.1 Å². The molecular weight excluding hydrogens is 368 g/mol. The van der Waals surface area contributed by atoms with Crippen LogP contribution >= 0.6 is 15.9 Å². The molecule has 5 nitrogen and oxygen atoms in total. The van der Waals surface area contributed by atoms with Gasteiger partial charge in [0.15, 0.2) is 0 Å². The van der Waals surface area contributed by atoms with Crippen LogP contribution in [0.5, 0.6) is 0 Å². The van der Waals surface area contributed by atoms with Crippen LogP contribution in [0, 0.1) is 0 Å². The van der Waals surface area contributed by atoms with Gasteiger partial charge in [-0.3, -0.25) is 4.79 Å². The molecule has 0 aliphatic carbocycles. The van der Waals surface area contributed by atoms with Crippen LogP contribution in [0.3, 0.4) is 0 Å². The second kappa shape index (κ2) is 7.75. The van der Waals surface area contributed by atoms with Crippen molar-refractivity contribution in [2.24, 2.45) is 0 Å². The maximum absolute atomic E-state index is 12.6. The Morgan fingerprint density at radius 3 is 2.62 bits per heavy atom. The van der Waals surface area contributed by atoms with Gasteiger partial charge in [0.1, 0.15) is 5.69 Å². The Hall–Kier alpha value is -1.95. The fourth-order valence-corrected chi connectivity index (χ4v) is 3.22. The summed E-state index contributed by atoms with van der Waals surface area (Å²) in [5.74, 6) is 0.439. The minimum Gasteiger partial charge on any atom is -0.344 e. The van der Waals surface area contributed by atoms with Crippen LogP contribution in [-0.2, 0) is 0 Å². The van der Waals surface area contributed by atoms with Crippen molar-refractivity contribution in [2.45, 2.75) is 32.2 Å². The maximum atomic E-state index is 12.6. The van der Waals surface area contributed by atoms with Gasteiger partial charge >= 0.3 is 0 Å². The Morgan fingerprint density at radius 2 is 1.92 bits per heavy atom. The monoisotopic (exact) mass is 388 g/mol. The number of aromatic nitrogens is 2. The van der Waals surface area contributed by atoms with Gasteiger partial charge in [0.2, 0.25) is 5.95 Å². The van der Waals surface area contributed by atoms with Crippen molar-refractivity contribution in [1.82, 2.24) is 15.3 Å². The van der Waals surface area contributed by atoms with Crippen LogP contribution in [0.1, 0.15) is 48.3 Å². The standard InChI is InChI=1S/C18H21BrN4O/c1-13(14-8-4-2-5-9-14)21-17(24)16-15(19)12-20-18(22-16)23-10-6-3-7-11-23/h2,4-5,8-9,12-13H,3,6-7,10-11H2,1H3,(H,21,24)/t13-/m1/s1. The SMILES string of the molecule is C[C@@H](NC(=O)c1nc(N2CCCCC2)ncc1Br)c1ccccc1. The molecule has 1 saturated heterocycles. The molecule has 1 amide bonds. The molecule has 1 N–H and O–H groups in total. The van der Waals surface area contributed by atoms with E-state index in [1.54, 1.807) is 6.20 Å². The van der Waals surface area contributed by atoms with Crippen LogP contribution in [-0.4, -0.2) is 29.0 Å². The van der Waals surface area contributed by atoms with Gasteiger partial charge in [-0.05, 0) is 47.7 Å². The number of carbonyl (C=O) groups is 1. The molecule has 2 heterocycles. The first-order chi connectivity index (χ1) is 11.6. The Kier molecular flexibility index (Phi) is 5.45. The molecular formula is C18H21BrN4O. The minimum absolute atomic E-state index is 0.0843. The highest BCUT2D eigenvalue weighted by atomic mass is 79.9. The van der Waals surface area contributed by atoms with Crippen molar-refractivity contribution in [3.63, 3.8) is 0 Å². The molecule has 1 atom stereocenters. The highest BCUT2D eigenvalue weighted by molar-refractivity contribution is 9.10. The van der Waals surface area contributed by atoms with Gasteiger partial charge in [0.25, 0.3) is 5.91 Å². The van der Waals surface area contributed by atoms with Gasteiger partial charge in [-0.2, -0.15) is 0 Å². The summed E-state index contributed by atoms with van der Waals surface area (Å²) in [6.45, 7) is 3.86. The third kappa shape index (κ3) is 3.93. The average Bonchev–Trinajstić information content (AvgIpc) is 2.63. The number of nitrogens with one attached hydrogen (secondary N) is 1. The molecule has 1 fully saturated rings. The van der Waals surface area contributed by atoms with E-state index in [4.69, 9.17) is 0 Å². The van der Waals surface area contributed by atoms with Gasteiger partial charge < -0.3 is 10.2 Å². The normalized spacial score (nSPS) is 15.8. The summed E-state index contributed by atoms with van der Waals surface area (Å²) < 4.78 is 0.612. The van der Waals surface area contributed by atoms with E-state index < -0.39 is 0 Å². The molecule has 1 aromatic carbocycles. The summed E-state index contributed by atoms with van der Waals surface area (Å²) in [7, 11) is 0. The van der Waals surface area contributed by atoms with Gasteiger partial charge in [0, 0.05) is 19.3 Å². The molecule has 1 aliphatic heterocycles. The summed E-state index contributed by atoms with van der Waals surface area (Å²) in [5, 5.41) is 3.01. The topological polar surface area (TPSA) is 58.1 Å². The fraction of sp³-hybridized carbons (Fsp3) is 0.389. The van der Waals surface area contributed by atoms with Crippen molar-refractivity contribution in [2.75, 3.05) is 18.0 Å². The van der Waals surface area contributed by atoms with E-state index >= 15 is 0 Å². The average molecular weight is 389 g/mol. The summed E-state index contributed by atoms with van der Waals surface area (Å²) in [4.78, 5) is 23.6. The number of piperidine rings is 1. The number of rotatable bonds is 4. The third-order valence-electron chi connectivity index (χ3n) is 4.23. The summed E-state index contributed by atoms with van der Waals surface area (Å²) >= 11 is 3.40. The molecule has 1 aromatic heterocycles. The predicted molar refractivity (Wildman–Crippen MR) is 98.1 cm³/mol. The Balaban J connectivity index is 1.76. The molecule has 6 heteroatoms. The molecule has 24 heavy (non-hydrogen) atoms. The van der Waals surface area contributed by atoms with Gasteiger partial charge in [0.05, 0.1) is 10.5 Å². The molecule has 2 aromatic rings. The second-order valence-electron chi connectivity index (χ2n) is 6.02. The highest BCUT2D eigenvalue weighted by Crippen LogP contribution is 2.21. The predicted octanol–water partition coefficient (Wildman–Crippen LogP) is 3.72. The van der Waals surface area contributed by atoms with E-state index in [9.17, 15) is 4.79 Å². The zero-order chi connectivity index (χ0) is 16.9. The minimum atomic E-state index is -0.195. The first-order valence-corrected chi connectivity index (χ1v) is 9.08. The summed E-state index contributed by atoms with van der Waals surface area (Å²) in [5.41, 5.74) is 1.45. The lowest BCUT2D eigenvalue weighted by molar-refractivity contribution is 0.0934. The number of hydrogen-bond acceptors (Lipinski definition) is 4. The molecule has 1 aliphatic rings. The number of hydrogen-bond donors (Lipinski definition) is 1. The van der Waals surface area contributed by atoms with E-state index in [0.717, 1.165) is 31.5 Å². The van der Waals surface area contributed by atoms with Gasteiger partial charge in [-0.1, -0.05) is 30.3 Å². The van der Waals surface area contributed by atoms with Crippen molar-refractivity contribution < 1.29 is 4.79 Å². The summed E-state index contributed by atoms with van der Waals surface area (Å²) in [6, 6.07) is 9.81. The van der Waals surface area contributed by atoms with E-state index in [2.05, 4.69) is 36.1 Å². The zero-order valence-corrected chi connectivity index (χ0v) is 15.3. The Labute approximate surface area is 150 Å². The zero-order valence-electron chi connectivity index (χ0n) is 13.7. The van der Waals surface area contributed by atoms with Crippen molar-refractivity contribution >= 4 is 27.8 Å². The van der Waals surface area contributed by atoms with Crippen LogP contribution in [0.2, 0.25) is 0 Å². The van der Waals surface area contributed by atoms with E-state index in [-0.39, 0.29) is 11.9 Å². The van der Waals surface area contributed by atoms with E-state index in [1.165, 1.54) is 6.42 Å². The van der Waals surface area contributed by atoms with Gasteiger partial charge in [-0.15, -0.1) is 0 Å². The lowest BCUT2D eigenvalue weighted by atomic mass is 10.1. The second-order valence-corrected chi connectivity index (χ2v) is 6.87. The number of nitrogens with zero attached hydrogens (tertiary/aromatic N) is 3. The molecule has 0 unspecified atom stereocenters. The smallest absolute Gasteiger partial charge is 0.271 e. The molecule has 0 radical (unpaired) electrons. The van der Waals surface area contributed by atoms with E-state index in [1.807, 2.05) is 37.3 Å². The molecule has 0 spiro atoms. The van der Waals surface area contributed by atoms with Crippen molar-refractivity contribution in [3.8, 4) is 0 Å². The maximum Gasteiger partial charge on any atom is 0.271 e. The number of amides is 1. The third-order valence-corrected chi connectivity index (χ3v) is 4.81. The molecule has 126 valence electrons. The quantitative estimate of drug-likeness (QED) is 0.866. The van der Waals surface area contributed by atoms with Crippen molar-refractivity contribution in [1.29, 1.82) is 0 Å². The molecule has 0 saturated carbocycles. The number of carbonyl (C=O) groups excluding carboxylic acids is 1. The molecule has 0 bridgehead atoms. The highest BCUT2D eigenvalue weighted by Gasteiger charge is 2.20. The number of halogens is 1. The largest absolute Gasteiger partial charge is 0.344 e. The summed E-state index contributed by atoms with van der Waals surface area (Å²) in [6.07, 6.45) is 5.20. The lowest BCUT2D eigenvalue weighted by Crippen LogP contribution is -2.33. The first-order valence-electron chi connectivity index (χ1n) is 8.28. The Morgan fingerprint density at radius 1 is 1.21 bits per heavy atom. The number of benzene rings is 1. The lowest BCUT2D eigenvalue weighted by Gasteiger charge is -2.26. The van der Waals surface area contributed by atoms with Crippen LogP contribution in [0.25, 0.3) is 0 Å². The van der Waals surface area contributed by atoms with Crippen LogP contribution in [0.4, 0.5) is 5.95 Å². The van der Waals surface area contributed by atoms with Gasteiger partial charge in [-0.25, -0.2) is 9.97 Å².